The smallest absolute Gasteiger partial charge is 0.234 e. The highest BCUT2D eigenvalue weighted by molar-refractivity contribution is 5.78. The first-order chi connectivity index (χ1) is 11.2. The topological polar surface area (TPSA) is 50.8 Å². The Hall–Kier alpha value is -1.50. The molecule has 6 heteroatoms. The van der Waals surface area contributed by atoms with Crippen LogP contribution in [0.1, 0.15) is 18.1 Å². The fraction of sp³-hybridized carbons (Fsp3) is 0.588. The minimum absolute atomic E-state index is 0.0386. The van der Waals surface area contributed by atoms with E-state index in [0.717, 1.165) is 25.1 Å². The highest BCUT2D eigenvalue weighted by Crippen LogP contribution is 2.34. The van der Waals surface area contributed by atoms with Gasteiger partial charge < -0.3 is 14.8 Å². The van der Waals surface area contributed by atoms with Gasteiger partial charge in [-0.15, -0.1) is 0 Å². The number of carbonyl (C=O) groups excluding carboxylic acids is 1. The van der Waals surface area contributed by atoms with Gasteiger partial charge in [-0.1, -0.05) is 12.1 Å². The van der Waals surface area contributed by atoms with Crippen LogP contribution < -0.4 is 5.32 Å². The molecule has 1 aromatic carbocycles. The van der Waals surface area contributed by atoms with Gasteiger partial charge in [0.05, 0.1) is 25.9 Å². The van der Waals surface area contributed by atoms with Crippen LogP contribution in [0.15, 0.2) is 24.3 Å². The number of rotatable bonds is 5. The summed E-state index contributed by atoms with van der Waals surface area (Å²) in [5.41, 5.74) is 0.969. The van der Waals surface area contributed by atoms with Crippen molar-refractivity contribution in [1.82, 2.24) is 10.2 Å². The molecule has 2 aliphatic rings. The Bertz CT molecular complexity index is 517. The largest absolute Gasteiger partial charge is 0.379 e. The van der Waals surface area contributed by atoms with Crippen molar-refractivity contribution in [2.24, 2.45) is 5.92 Å². The molecule has 0 bridgehead atoms. The third-order valence-electron chi connectivity index (χ3n) is 4.45. The molecule has 1 amide bonds. The first kappa shape index (κ1) is 16.4. The summed E-state index contributed by atoms with van der Waals surface area (Å²) in [4.78, 5) is 14.2. The van der Waals surface area contributed by atoms with Crippen LogP contribution in [0.3, 0.4) is 0 Å². The number of ether oxygens (including phenoxy) is 2. The van der Waals surface area contributed by atoms with Gasteiger partial charge in [0.25, 0.3) is 0 Å². The Morgan fingerprint density at radius 1 is 1.22 bits per heavy atom. The number of nitrogens with one attached hydrogen (secondary N) is 1. The quantitative estimate of drug-likeness (QED) is 0.889. The highest BCUT2D eigenvalue weighted by Gasteiger charge is 2.30. The third kappa shape index (κ3) is 4.50. The maximum Gasteiger partial charge on any atom is 0.234 e. The van der Waals surface area contributed by atoms with Gasteiger partial charge in [-0.2, -0.15) is 0 Å². The predicted octanol–water partition coefficient (Wildman–Crippen LogP) is 1.35. The average Bonchev–Trinajstić information content (AvgIpc) is 3.03. The number of hydrogen-bond acceptors (Lipinski definition) is 4. The van der Waals surface area contributed by atoms with Crippen LogP contribution in [0.4, 0.5) is 4.39 Å². The van der Waals surface area contributed by atoms with Crippen LogP contribution in [-0.2, 0) is 14.3 Å². The van der Waals surface area contributed by atoms with Gasteiger partial charge in [0.2, 0.25) is 5.91 Å². The van der Waals surface area contributed by atoms with Crippen molar-refractivity contribution in [3.05, 3.63) is 35.6 Å². The van der Waals surface area contributed by atoms with Crippen molar-refractivity contribution < 1.29 is 18.7 Å². The number of morpholine rings is 1. The molecular formula is C17H23FN2O3. The molecule has 1 aromatic rings. The van der Waals surface area contributed by atoms with Gasteiger partial charge in [-0.25, -0.2) is 4.39 Å². The summed E-state index contributed by atoms with van der Waals surface area (Å²) in [6, 6.07) is 6.41. The van der Waals surface area contributed by atoms with Crippen molar-refractivity contribution in [3.63, 3.8) is 0 Å². The minimum Gasteiger partial charge on any atom is -0.379 e. The van der Waals surface area contributed by atoms with E-state index in [4.69, 9.17) is 9.47 Å². The second-order valence-electron chi connectivity index (χ2n) is 6.08. The standard InChI is InChI=1S/C17H23FN2O3/c18-15-3-1-13(2-4-15)17-14(5-8-23-17)11-19-16(21)12-20-6-9-22-10-7-20/h1-4,14,17H,5-12H2,(H,19,21)/t14-,17-/m0/s1. The van der Waals surface area contributed by atoms with E-state index >= 15 is 0 Å². The molecule has 2 atom stereocenters. The van der Waals surface area contributed by atoms with Gasteiger partial charge in [0.15, 0.2) is 0 Å². The SMILES string of the molecule is O=C(CN1CCOCC1)NC[C@@H]1CCO[C@H]1c1ccc(F)cc1. The lowest BCUT2D eigenvalue weighted by molar-refractivity contribution is -0.123. The lowest BCUT2D eigenvalue weighted by Gasteiger charge is -2.26. The number of carbonyl (C=O) groups is 1. The molecule has 2 fully saturated rings. The van der Waals surface area contributed by atoms with Gasteiger partial charge in [-0.05, 0) is 24.1 Å². The zero-order valence-corrected chi connectivity index (χ0v) is 13.2. The summed E-state index contributed by atoms with van der Waals surface area (Å²) in [7, 11) is 0. The van der Waals surface area contributed by atoms with E-state index in [-0.39, 0.29) is 23.7 Å². The predicted molar refractivity (Wildman–Crippen MR) is 83.5 cm³/mol. The zero-order chi connectivity index (χ0) is 16.1. The Morgan fingerprint density at radius 2 is 1.96 bits per heavy atom. The lowest BCUT2D eigenvalue weighted by atomic mass is 9.95. The van der Waals surface area contributed by atoms with Crippen LogP contribution in [0.5, 0.6) is 0 Å². The summed E-state index contributed by atoms with van der Waals surface area (Å²) in [6.07, 6.45) is 0.833. The van der Waals surface area contributed by atoms with E-state index in [2.05, 4.69) is 10.2 Å². The van der Waals surface area contributed by atoms with Crippen molar-refractivity contribution in [1.29, 1.82) is 0 Å². The monoisotopic (exact) mass is 322 g/mol. The van der Waals surface area contributed by atoms with Gasteiger partial charge in [0.1, 0.15) is 5.82 Å². The molecule has 0 saturated carbocycles. The third-order valence-corrected chi connectivity index (χ3v) is 4.45. The van der Waals surface area contributed by atoms with Gasteiger partial charge in [0, 0.05) is 32.2 Å². The maximum atomic E-state index is 13.0. The summed E-state index contributed by atoms with van der Waals surface area (Å²) >= 11 is 0. The second-order valence-corrected chi connectivity index (χ2v) is 6.08. The summed E-state index contributed by atoms with van der Waals surface area (Å²) < 4.78 is 24.1. The molecule has 23 heavy (non-hydrogen) atoms. The Morgan fingerprint density at radius 3 is 2.70 bits per heavy atom. The fourth-order valence-corrected chi connectivity index (χ4v) is 3.13. The average molecular weight is 322 g/mol. The van der Waals surface area contributed by atoms with E-state index in [1.54, 1.807) is 12.1 Å². The molecule has 0 aromatic heterocycles. The number of nitrogens with zero attached hydrogens (tertiary/aromatic N) is 1. The molecule has 0 aliphatic carbocycles. The summed E-state index contributed by atoms with van der Waals surface area (Å²) in [6.45, 7) is 4.67. The molecule has 5 nitrogen and oxygen atoms in total. The number of benzene rings is 1. The van der Waals surface area contributed by atoms with E-state index in [0.29, 0.717) is 32.9 Å². The van der Waals surface area contributed by atoms with Crippen LogP contribution >= 0.6 is 0 Å². The first-order valence-corrected chi connectivity index (χ1v) is 8.16. The lowest BCUT2D eigenvalue weighted by Crippen LogP contribution is -2.44. The fourth-order valence-electron chi connectivity index (χ4n) is 3.13. The molecule has 3 rings (SSSR count). The summed E-state index contributed by atoms with van der Waals surface area (Å²) in [5, 5.41) is 3.01. The van der Waals surface area contributed by atoms with Crippen LogP contribution in [0, 0.1) is 11.7 Å². The van der Waals surface area contributed by atoms with Crippen LogP contribution in [0.2, 0.25) is 0 Å². The molecule has 0 spiro atoms. The molecule has 2 aliphatic heterocycles. The van der Waals surface area contributed by atoms with E-state index < -0.39 is 0 Å². The Kier molecular flexibility index (Phi) is 5.59. The number of halogens is 1. The Balaban J connectivity index is 1.48. The van der Waals surface area contributed by atoms with E-state index in [1.165, 1.54) is 12.1 Å². The van der Waals surface area contributed by atoms with Crippen molar-refractivity contribution in [2.75, 3.05) is 46.0 Å². The van der Waals surface area contributed by atoms with Gasteiger partial charge in [-0.3, -0.25) is 9.69 Å². The molecule has 0 radical (unpaired) electrons. The number of amides is 1. The normalized spacial score (nSPS) is 25.4. The van der Waals surface area contributed by atoms with Crippen LogP contribution in [-0.4, -0.2) is 56.8 Å². The molecule has 0 unspecified atom stereocenters. The molecular weight excluding hydrogens is 299 g/mol. The second kappa shape index (κ2) is 7.86. The first-order valence-electron chi connectivity index (χ1n) is 8.16. The summed E-state index contributed by atoms with van der Waals surface area (Å²) in [5.74, 6) is 0.0212. The maximum absolute atomic E-state index is 13.0. The number of hydrogen-bond donors (Lipinski definition) is 1. The van der Waals surface area contributed by atoms with E-state index in [1.807, 2.05) is 0 Å². The Labute approximate surface area is 135 Å². The van der Waals surface area contributed by atoms with E-state index in [9.17, 15) is 9.18 Å². The highest BCUT2D eigenvalue weighted by atomic mass is 19.1. The van der Waals surface area contributed by atoms with Crippen molar-refractivity contribution in [3.8, 4) is 0 Å². The molecule has 126 valence electrons. The van der Waals surface area contributed by atoms with Gasteiger partial charge >= 0.3 is 0 Å². The van der Waals surface area contributed by atoms with Crippen LogP contribution in [0.25, 0.3) is 0 Å². The molecule has 2 heterocycles. The molecule has 2 saturated heterocycles. The van der Waals surface area contributed by atoms with Crippen molar-refractivity contribution in [2.45, 2.75) is 12.5 Å². The molecule has 1 N–H and O–H groups in total. The van der Waals surface area contributed by atoms with Crippen molar-refractivity contribution >= 4 is 5.91 Å². The zero-order valence-electron chi connectivity index (χ0n) is 13.2. The minimum atomic E-state index is -0.248.